The first-order chi connectivity index (χ1) is 14.1. The molecule has 0 amide bonds. The van der Waals surface area contributed by atoms with Crippen molar-refractivity contribution in [2.24, 2.45) is 0 Å². The SMILES string of the molecule is CCc1ccc2c(c1)sc(=O)n2Cc1ccc(-n2c(C)nc3cnccc32)cc1. The van der Waals surface area contributed by atoms with Crippen molar-refractivity contribution in [1.29, 1.82) is 0 Å². The maximum Gasteiger partial charge on any atom is 0.308 e. The van der Waals surface area contributed by atoms with Crippen LogP contribution in [0.15, 0.2) is 65.7 Å². The van der Waals surface area contributed by atoms with E-state index in [-0.39, 0.29) is 4.87 Å². The standard InChI is InChI=1S/C23H20N4OS/c1-3-16-6-9-21-22(12-16)29-23(28)26(21)14-17-4-7-18(8-5-17)27-15(2)25-19-13-24-11-10-20(19)27/h4-13H,3,14H2,1-2H3. The van der Waals surface area contributed by atoms with Crippen LogP contribution in [-0.2, 0) is 13.0 Å². The highest BCUT2D eigenvalue weighted by Crippen LogP contribution is 2.23. The number of rotatable bonds is 4. The summed E-state index contributed by atoms with van der Waals surface area (Å²) < 4.78 is 5.04. The summed E-state index contributed by atoms with van der Waals surface area (Å²) >= 11 is 1.32. The fourth-order valence-electron chi connectivity index (χ4n) is 3.79. The van der Waals surface area contributed by atoms with Crippen molar-refractivity contribution >= 4 is 32.6 Å². The minimum Gasteiger partial charge on any atom is -0.296 e. The highest BCUT2D eigenvalue weighted by molar-refractivity contribution is 7.16. The lowest BCUT2D eigenvalue weighted by Gasteiger charge is -2.09. The average Bonchev–Trinajstić information content (AvgIpc) is 3.23. The number of nitrogens with zero attached hydrogens (tertiary/aromatic N) is 4. The van der Waals surface area contributed by atoms with Crippen LogP contribution in [0.4, 0.5) is 0 Å². The molecular weight excluding hydrogens is 380 g/mol. The average molecular weight is 401 g/mol. The quantitative estimate of drug-likeness (QED) is 0.439. The molecule has 0 aliphatic rings. The van der Waals surface area contributed by atoms with Gasteiger partial charge in [0.25, 0.3) is 0 Å². The molecule has 0 atom stereocenters. The normalized spacial score (nSPS) is 11.5. The molecule has 0 saturated carbocycles. The lowest BCUT2D eigenvalue weighted by atomic mass is 10.1. The molecule has 0 radical (unpaired) electrons. The van der Waals surface area contributed by atoms with Crippen LogP contribution in [0, 0.1) is 6.92 Å². The van der Waals surface area contributed by atoms with Crippen molar-refractivity contribution in [1.82, 2.24) is 19.1 Å². The third-order valence-electron chi connectivity index (χ3n) is 5.30. The Morgan fingerprint density at radius 1 is 1.00 bits per heavy atom. The van der Waals surface area contributed by atoms with Gasteiger partial charge in [-0.05, 0) is 54.8 Å². The summed E-state index contributed by atoms with van der Waals surface area (Å²) in [6, 6.07) is 16.6. The van der Waals surface area contributed by atoms with Crippen LogP contribution in [0.3, 0.4) is 0 Å². The van der Waals surface area contributed by atoms with Gasteiger partial charge in [-0.1, -0.05) is 36.5 Å². The summed E-state index contributed by atoms with van der Waals surface area (Å²) in [5.74, 6) is 0.924. The number of aromatic nitrogens is 4. The van der Waals surface area contributed by atoms with Crippen LogP contribution < -0.4 is 4.87 Å². The Hall–Kier alpha value is -3.25. The molecule has 3 heterocycles. The molecule has 0 unspecified atom stereocenters. The second-order valence-electron chi connectivity index (χ2n) is 7.14. The Morgan fingerprint density at radius 3 is 2.59 bits per heavy atom. The maximum absolute atomic E-state index is 12.6. The summed E-state index contributed by atoms with van der Waals surface area (Å²) in [5.41, 5.74) is 6.33. The maximum atomic E-state index is 12.6. The van der Waals surface area contributed by atoms with E-state index in [2.05, 4.69) is 63.9 Å². The Morgan fingerprint density at radius 2 is 1.79 bits per heavy atom. The molecule has 0 bridgehead atoms. The third-order valence-corrected chi connectivity index (χ3v) is 6.24. The molecule has 5 aromatic rings. The lowest BCUT2D eigenvalue weighted by Crippen LogP contribution is -2.13. The van der Waals surface area contributed by atoms with E-state index in [0.717, 1.165) is 44.7 Å². The van der Waals surface area contributed by atoms with Crippen molar-refractivity contribution in [3.63, 3.8) is 0 Å². The highest BCUT2D eigenvalue weighted by atomic mass is 32.1. The van der Waals surface area contributed by atoms with E-state index in [1.807, 2.05) is 17.6 Å². The van der Waals surface area contributed by atoms with Crippen LogP contribution in [0.25, 0.3) is 26.9 Å². The molecule has 0 N–H and O–H groups in total. The molecule has 5 rings (SSSR count). The van der Waals surface area contributed by atoms with Gasteiger partial charge in [-0.25, -0.2) is 4.98 Å². The minimum absolute atomic E-state index is 0.0845. The molecule has 2 aromatic carbocycles. The number of hydrogen-bond acceptors (Lipinski definition) is 4. The topological polar surface area (TPSA) is 52.7 Å². The number of imidazole rings is 1. The molecule has 29 heavy (non-hydrogen) atoms. The molecule has 144 valence electrons. The highest BCUT2D eigenvalue weighted by Gasteiger charge is 2.11. The van der Waals surface area contributed by atoms with Gasteiger partial charge in [-0.3, -0.25) is 18.9 Å². The number of pyridine rings is 1. The van der Waals surface area contributed by atoms with E-state index >= 15 is 0 Å². The number of fused-ring (bicyclic) bond motifs is 2. The predicted octanol–water partition coefficient (Wildman–Crippen LogP) is 4.72. The zero-order chi connectivity index (χ0) is 20.0. The van der Waals surface area contributed by atoms with Gasteiger partial charge in [0.15, 0.2) is 0 Å². The fourth-order valence-corrected chi connectivity index (χ4v) is 4.75. The summed E-state index contributed by atoms with van der Waals surface area (Å²) in [5, 5.41) is 0. The van der Waals surface area contributed by atoms with Gasteiger partial charge in [0.05, 0.1) is 28.5 Å². The monoisotopic (exact) mass is 400 g/mol. The third kappa shape index (κ3) is 3.06. The molecule has 0 spiro atoms. The van der Waals surface area contributed by atoms with Crippen LogP contribution in [0.2, 0.25) is 0 Å². The molecule has 5 nitrogen and oxygen atoms in total. The molecular formula is C23H20N4OS. The van der Waals surface area contributed by atoms with E-state index in [4.69, 9.17) is 0 Å². The van der Waals surface area contributed by atoms with E-state index < -0.39 is 0 Å². The lowest BCUT2D eigenvalue weighted by molar-refractivity contribution is 0.815. The minimum atomic E-state index is 0.0845. The van der Waals surface area contributed by atoms with Gasteiger partial charge in [-0.2, -0.15) is 0 Å². The first-order valence-corrected chi connectivity index (χ1v) is 10.5. The zero-order valence-electron chi connectivity index (χ0n) is 16.3. The Balaban J connectivity index is 1.50. The fraction of sp³-hybridized carbons (Fsp3) is 0.174. The van der Waals surface area contributed by atoms with Crippen molar-refractivity contribution in [2.45, 2.75) is 26.8 Å². The molecule has 3 aromatic heterocycles. The smallest absolute Gasteiger partial charge is 0.296 e. The van der Waals surface area contributed by atoms with E-state index in [1.165, 1.54) is 16.9 Å². The van der Waals surface area contributed by atoms with Crippen molar-refractivity contribution in [3.05, 3.63) is 87.5 Å². The molecule has 0 aliphatic heterocycles. The van der Waals surface area contributed by atoms with Gasteiger partial charge in [0.2, 0.25) is 0 Å². The predicted molar refractivity (Wildman–Crippen MR) is 118 cm³/mol. The first-order valence-electron chi connectivity index (χ1n) is 9.64. The number of hydrogen-bond donors (Lipinski definition) is 0. The van der Waals surface area contributed by atoms with Crippen molar-refractivity contribution < 1.29 is 0 Å². The summed E-state index contributed by atoms with van der Waals surface area (Å²) in [4.78, 5) is 21.4. The van der Waals surface area contributed by atoms with Crippen molar-refractivity contribution in [3.8, 4) is 5.69 Å². The second kappa shape index (κ2) is 6.97. The first kappa shape index (κ1) is 17.8. The summed E-state index contributed by atoms with van der Waals surface area (Å²) in [7, 11) is 0. The Labute approximate surface area is 171 Å². The van der Waals surface area contributed by atoms with Crippen LogP contribution in [0.5, 0.6) is 0 Å². The number of aryl methyl sites for hydroxylation is 2. The largest absolute Gasteiger partial charge is 0.308 e. The van der Waals surface area contributed by atoms with Gasteiger partial charge >= 0.3 is 4.87 Å². The molecule has 0 fully saturated rings. The van der Waals surface area contributed by atoms with Gasteiger partial charge in [0.1, 0.15) is 11.3 Å². The Kier molecular flexibility index (Phi) is 4.28. The van der Waals surface area contributed by atoms with Crippen LogP contribution in [0.1, 0.15) is 23.9 Å². The molecule has 0 aliphatic carbocycles. The number of benzene rings is 2. The molecule has 0 saturated heterocycles. The molecule has 6 heteroatoms. The van der Waals surface area contributed by atoms with Crippen LogP contribution in [-0.4, -0.2) is 19.1 Å². The second-order valence-corrected chi connectivity index (χ2v) is 8.13. The van der Waals surface area contributed by atoms with Crippen molar-refractivity contribution in [2.75, 3.05) is 0 Å². The van der Waals surface area contributed by atoms with E-state index in [1.54, 1.807) is 12.4 Å². The summed E-state index contributed by atoms with van der Waals surface area (Å²) in [6.45, 7) is 4.69. The van der Waals surface area contributed by atoms with Gasteiger partial charge < -0.3 is 0 Å². The van der Waals surface area contributed by atoms with E-state index in [0.29, 0.717) is 6.54 Å². The number of thiazole rings is 1. The summed E-state index contributed by atoms with van der Waals surface area (Å²) in [6.07, 6.45) is 4.54. The zero-order valence-corrected chi connectivity index (χ0v) is 17.1. The van der Waals surface area contributed by atoms with Gasteiger partial charge in [0, 0.05) is 11.9 Å². The van der Waals surface area contributed by atoms with E-state index in [9.17, 15) is 4.79 Å². The van der Waals surface area contributed by atoms with Gasteiger partial charge in [-0.15, -0.1) is 0 Å². The van der Waals surface area contributed by atoms with Crippen LogP contribution >= 0.6 is 11.3 Å². The Bertz CT molecular complexity index is 1390.